The van der Waals surface area contributed by atoms with Gasteiger partial charge in [0.2, 0.25) is 0 Å². The van der Waals surface area contributed by atoms with E-state index in [1.54, 1.807) is 36.1 Å². The molecule has 0 bridgehead atoms. The number of aryl methyl sites for hydroxylation is 1. The number of nitro groups is 1. The number of nitro benzene ring substituents is 1. The lowest BCUT2D eigenvalue weighted by molar-refractivity contribution is -0.385. The van der Waals surface area contributed by atoms with Gasteiger partial charge in [0.15, 0.2) is 6.61 Å². The molecule has 0 aliphatic heterocycles. The summed E-state index contributed by atoms with van der Waals surface area (Å²) in [6.07, 6.45) is 0. The topological polar surface area (TPSA) is 102 Å². The highest BCUT2D eigenvalue weighted by atomic mass is 16.6. The molecule has 0 saturated heterocycles. The van der Waals surface area contributed by atoms with Crippen LogP contribution in [0.1, 0.15) is 29.8 Å². The van der Waals surface area contributed by atoms with E-state index in [2.05, 4.69) is 5.32 Å². The van der Waals surface area contributed by atoms with Crippen molar-refractivity contribution >= 4 is 23.2 Å². The predicted molar refractivity (Wildman–Crippen MR) is 106 cm³/mol. The Balaban J connectivity index is 1.98. The van der Waals surface area contributed by atoms with Crippen molar-refractivity contribution in [2.75, 3.05) is 25.0 Å². The summed E-state index contributed by atoms with van der Waals surface area (Å²) in [4.78, 5) is 36.6. The number of amides is 2. The molecule has 0 atom stereocenters. The van der Waals surface area contributed by atoms with Crippen LogP contribution < -0.4 is 10.1 Å². The van der Waals surface area contributed by atoms with Gasteiger partial charge in [-0.1, -0.05) is 6.07 Å². The molecule has 1 N–H and O–H groups in total. The zero-order chi connectivity index (χ0) is 20.7. The molecule has 0 unspecified atom stereocenters. The normalized spacial score (nSPS) is 10.2. The Morgan fingerprint density at radius 2 is 1.86 bits per heavy atom. The molecule has 0 fully saturated rings. The van der Waals surface area contributed by atoms with Gasteiger partial charge in [-0.3, -0.25) is 19.7 Å². The Hall–Kier alpha value is -3.42. The second-order valence-corrected chi connectivity index (χ2v) is 6.10. The molecule has 2 aromatic carbocycles. The van der Waals surface area contributed by atoms with Crippen LogP contribution in [0.4, 0.5) is 11.4 Å². The molecule has 0 heterocycles. The van der Waals surface area contributed by atoms with Gasteiger partial charge in [-0.25, -0.2) is 0 Å². The first-order chi connectivity index (χ1) is 13.3. The summed E-state index contributed by atoms with van der Waals surface area (Å²) in [5, 5.41) is 13.5. The van der Waals surface area contributed by atoms with Crippen LogP contribution in [0, 0.1) is 17.0 Å². The summed E-state index contributed by atoms with van der Waals surface area (Å²) in [5.74, 6) is -0.133. The molecular weight excluding hydrogens is 362 g/mol. The fourth-order valence-corrected chi connectivity index (χ4v) is 2.69. The number of anilines is 1. The molecule has 0 aromatic heterocycles. The van der Waals surface area contributed by atoms with Gasteiger partial charge in [-0.2, -0.15) is 0 Å². The first-order valence-electron chi connectivity index (χ1n) is 8.92. The Morgan fingerprint density at radius 1 is 1.14 bits per heavy atom. The van der Waals surface area contributed by atoms with Crippen molar-refractivity contribution in [2.24, 2.45) is 0 Å². The first kappa shape index (κ1) is 20.9. The summed E-state index contributed by atoms with van der Waals surface area (Å²) in [5.41, 5.74) is 1.43. The number of hydrogen-bond acceptors (Lipinski definition) is 5. The minimum Gasteiger partial charge on any atom is -0.484 e. The molecule has 8 nitrogen and oxygen atoms in total. The molecule has 2 amide bonds. The van der Waals surface area contributed by atoms with Gasteiger partial charge >= 0.3 is 0 Å². The van der Waals surface area contributed by atoms with Gasteiger partial charge in [0.1, 0.15) is 5.75 Å². The Bertz CT molecular complexity index is 878. The van der Waals surface area contributed by atoms with Crippen molar-refractivity contribution in [2.45, 2.75) is 20.8 Å². The maximum absolute atomic E-state index is 12.4. The van der Waals surface area contributed by atoms with E-state index in [1.807, 2.05) is 13.8 Å². The summed E-state index contributed by atoms with van der Waals surface area (Å²) in [7, 11) is 0. The van der Waals surface area contributed by atoms with Gasteiger partial charge in [-0.15, -0.1) is 0 Å². The van der Waals surface area contributed by atoms with Crippen molar-refractivity contribution in [3.63, 3.8) is 0 Å². The SMILES string of the molecule is CCN(CC)C(=O)c1cccc(NC(=O)COc2ccc([N+](=O)[O-])c(C)c2)c1. The minimum atomic E-state index is -0.474. The molecule has 28 heavy (non-hydrogen) atoms. The Kier molecular flexibility index (Phi) is 7.08. The van der Waals surface area contributed by atoms with Crippen LogP contribution in [0.5, 0.6) is 5.75 Å². The van der Waals surface area contributed by atoms with Crippen molar-refractivity contribution in [3.05, 3.63) is 63.7 Å². The second kappa shape index (κ2) is 9.50. The van der Waals surface area contributed by atoms with Gasteiger partial charge in [0.05, 0.1) is 4.92 Å². The van der Waals surface area contributed by atoms with Crippen LogP contribution in [0.2, 0.25) is 0 Å². The predicted octanol–water partition coefficient (Wildman–Crippen LogP) is 3.40. The highest BCUT2D eigenvalue weighted by molar-refractivity contribution is 5.97. The molecule has 148 valence electrons. The molecule has 0 aliphatic rings. The van der Waals surface area contributed by atoms with Crippen molar-refractivity contribution < 1.29 is 19.2 Å². The number of benzene rings is 2. The Morgan fingerprint density at radius 3 is 2.46 bits per heavy atom. The number of ether oxygens (including phenoxy) is 1. The Labute approximate surface area is 163 Å². The standard InChI is InChI=1S/C20H23N3O5/c1-4-22(5-2)20(25)15-7-6-8-16(12-15)21-19(24)13-28-17-9-10-18(23(26)27)14(3)11-17/h6-12H,4-5,13H2,1-3H3,(H,21,24). The number of nitrogens with zero attached hydrogens (tertiary/aromatic N) is 2. The van der Waals surface area contributed by atoms with Crippen molar-refractivity contribution in [1.82, 2.24) is 4.90 Å². The van der Waals surface area contributed by atoms with Crippen LogP contribution in [0.15, 0.2) is 42.5 Å². The van der Waals surface area contributed by atoms with Crippen LogP contribution in [-0.2, 0) is 4.79 Å². The fraction of sp³-hybridized carbons (Fsp3) is 0.300. The number of rotatable bonds is 8. The van der Waals surface area contributed by atoms with Crippen LogP contribution in [-0.4, -0.2) is 41.3 Å². The molecule has 2 aromatic rings. The lowest BCUT2D eigenvalue weighted by Crippen LogP contribution is -2.30. The third kappa shape index (κ3) is 5.29. The summed E-state index contributed by atoms with van der Waals surface area (Å²) in [6.45, 7) is 6.37. The third-order valence-electron chi connectivity index (χ3n) is 4.18. The van der Waals surface area contributed by atoms with E-state index in [0.717, 1.165) is 0 Å². The van der Waals surface area contributed by atoms with Crippen molar-refractivity contribution in [1.29, 1.82) is 0 Å². The largest absolute Gasteiger partial charge is 0.484 e. The van der Waals surface area contributed by atoms with E-state index < -0.39 is 10.8 Å². The van der Waals surface area contributed by atoms with E-state index in [1.165, 1.54) is 18.2 Å². The summed E-state index contributed by atoms with van der Waals surface area (Å²) in [6, 6.07) is 11.0. The minimum absolute atomic E-state index is 0.00788. The molecule has 0 saturated carbocycles. The van der Waals surface area contributed by atoms with Crippen LogP contribution in [0.3, 0.4) is 0 Å². The van der Waals surface area contributed by atoms with E-state index >= 15 is 0 Å². The lowest BCUT2D eigenvalue weighted by Gasteiger charge is -2.19. The molecule has 2 rings (SSSR count). The highest BCUT2D eigenvalue weighted by Crippen LogP contribution is 2.23. The quantitative estimate of drug-likeness (QED) is 0.554. The first-order valence-corrected chi connectivity index (χ1v) is 8.92. The van der Waals surface area contributed by atoms with Gasteiger partial charge in [0.25, 0.3) is 17.5 Å². The van der Waals surface area contributed by atoms with Gasteiger partial charge in [0, 0.05) is 36.0 Å². The second-order valence-electron chi connectivity index (χ2n) is 6.10. The van der Waals surface area contributed by atoms with E-state index in [9.17, 15) is 19.7 Å². The van der Waals surface area contributed by atoms with E-state index in [0.29, 0.717) is 35.7 Å². The maximum atomic E-state index is 12.4. The number of hydrogen-bond donors (Lipinski definition) is 1. The highest BCUT2D eigenvalue weighted by Gasteiger charge is 2.14. The van der Waals surface area contributed by atoms with Gasteiger partial charge in [-0.05, 0) is 51.1 Å². The zero-order valence-electron chi connectivity index (χ0n) is 16.1. The maximum Gasteiger partial charge on any atom is 0.272 e. The molecule has 0 spiro atoms. The average Bonchev–Trinajstić information content (AvgIpc) is 2.67. The fourth-order valence-electron chi connectivity index (χ4n) is 2.69. The van der Waals surface area contributed by atoms with E-state index in [4.69, 9.17) is 4.74 Å². The lowest BCUT2D eigenvalue weighted by atomic mass is 10.1. The van der Waals surface area contributed by atoms with Crippen LogP contribution >= 0.6 is 0 Å². The number of carbonyl (C=O) groups is 2. The summed E-state index contributed by atoms with van der Waals surface area (Å²) >= 11 is 0. The van der Waals surface area contributed by atoms with Gasteiger partial charge < -0.3 is 15.0 Å². The number of carbonyl (C=O) groups excluding carboxylic acids is 2. The smallest absolute Gasteiger partial charge is 0.272 e. The average molecular weight is 385 g/mol. The number of nitrogens with one attached hydrogen (secondary N) is 1. The summed E-state index contributed by atoms with van der Waals surface area (Å²) < 4.78 is 5.40. The van der Waals surface area contributed by atoms with E-state index in [-0.39, 0.29) is 18.2 Å². The molecule has 8 heteroatoms. The molecule has 0 aliphatic carbocycles. The van der Waals surface area contributed by atoms with Crippen molar-refractivity contribution in [3.8, 4) is 5.75 Å². The zero-order valence-corrected chi connectivity index (χ0v) is 16.1. The van der Waals surface area contributed by atoms with Crippen LogP contribution in [0.25, 0.3) is 0 Å². The molecule has 0 radical (unpaired) electrons. The monoisotopic (exact) mass is 385 g/mol. The third-order valence-corrected chi connectivity index (χ3v) is 4.18. The molecular formula is C20H23N3O5.